The van der Waals surface area contributed by atoms with Crippen molar-refractivity contribution >= 4 is 25.8 Å². The average Bonchev–Trinajstić information content (AvgIpc) is 2.77. The molecule has 0 saturated heterocycles. The number of aromatic amines is 1. The molecule has 2 rings (SSSR count). The fourth-order valence-corrected chi connectivity index (χ4v) is 2.95. The quantitative estimate of drug-likeness (QED) is 0.920. The second kappa shape index (κ2) is 4.53. The van der Waals surface area contributed by atoms with Gasteiger partial charge < -0.3 is 0 Å². The molecule has 0 fully saturated rings. The number of nitrogens with one attached hydrogen (secondary N) is 1. The van der Waals surface area contributed by atoms with Crippen LogP contribution in [-0.4, -0.2) is 28.6 Å². The van der Waals surface area contributed by atoms with Crippen molar-refractivity contribution < 1.29 is 8.42 Å². The number of H-pyrrole nitrogens is 1. The van der Waals surface area contributed by atoms with E-state index in [2.05, 4.69) is 36.1 Å². The van der Waals surface area contributed by atoms with Crippen LogP contribution in [0, 0.1) is 6.92 Å². The van der Waals surface area contributed by atoms with Gasteiger partial charge in [-0.25, -0.2) is 13.4 Å². The SMILES string of the molecule is Cc1ccc(Br)c(CS(=O)(=O)c2ncn[nH]2)n1. The summed E-state index contributed by atoms with van der Waals surface area (Å²) in [5, 5.41) is 5.72. The van der Waals surface area contributed by atoms with Crippen LogP contribution in [0.15, 0.2) is 28.1 Å². The number of pyridine rings is 1. The van der Waals surface area contributed by atoms with Gasteiger partial charge in [0, 0.05) is 10.2 Å². The lowest BCUT2D eigenvalue weighted by Gasteiger charge is -2.04. The van der Waals surface area contributed by atoms with Crippen molar-refractivity contribution in [1.82, 2.24) is 20.2 Å². The zero-order valence-electron chi connectivity index (χ0n) is 8.88. The maximum atomic E-state index is 11.9. The van der Waals surface area contributed by atoms with Gasteiger partial charge in [-0.05, 0) is 35.0 Å². The lowest BCUT2D eigenvalue weighted by molar-refractivity contribution is 0.586. The Bertz CT molecular complexity index is 624. The highest BCUT2D eigenvalue weighted by molar-refractivity contribution is 9.10. The number of halogens is 1. The van der Waals surface area contributed by atoms with Crippen LogP contribution in [0.25, 0.3) is 0 Å². The molecule has 0 radical (unpaired) electrons. The van der Waals surface area contributed by atoms with Crippen molar-refractivity contribution in [3.05, 3.63) is 34.3 Å². The Morgan fingerprint density at radius 2 is 2.18 bits per heavy atom. The first kappa shape index (κ1) is 12.2. The maximum Gasteiger partial charge on any atom is 0.243 e. The van der Waals surface area contributed by atoms with Crippen LogP contribution in [0.5, 0.6) is 0 Å². The predicted molar refractivity (Wildman–Crippen MR) is 63.9 cm³/mol. The highest BCUT2D eigenvalue weighted by Gasteiger charge is 2.20. The second-order valence-corrected chi connectivity index (χ2v) is 6.19. The number of sulfone groups is 1. The standard InChI is InChI=1S/C9H9BrN4O2S/c1-6-2-3-7(10)8(13-6)4-17(15,16)9-11-5-12-14-9/h2-3,5H,4H2,1H3,(H,11,12,14). The summed E-state index contributed by atoms with van der Waals surface area (Å²) in [6, 6.07) is 3.57. The van der Waals surface area contributed by atoms with Crippen LogP contribution in [0.1, 0.15) is 11.4 Å². The van der Waals surface area contributed by atoms with Gasteiger partial charge in [0.05, 0.1) is 5.69 Å². The Hall–Kier alpha value is -1.28. The molecule has 0 aromatic carbocycles. The summed E-state index contributed by atoms with van der Waals surface area (Å²) in [6.07, 6.45) is 1.16. The molecule has 17 heavy (non-hydrogen) atoms. The molecule has 2 aromatic rings. The highest BCUT2D eigenvalue weighted by Crippen LogP contribution is 2.19. The summed E-state index contributed by atoms with van der Waals surface area (Å²) in [5.74, 6) is -0.218. The molecule has 0 atom stereocenters. The third kappa shape index (κ3) is 2.70. The number of nitrogens with zero attached hydrogens (tertiary/aromatic N) is 3. The van der Waals surface area contributed by atoms with E-state index in [1.807, 2.05) is 0 Å². The Labute approximate surface area is 107 Å². The first-order valence-electron chi connectivity index (χ1n) is 4.69. The normalized spacial score (nSPS) is 11.6. The van der Waals surface area contributed by atoms with Crippen LogP contribution in [-0.2, 0) is 15.6 Å². The van der Waals surface area contributed by atoms with Gasteiger partial charge in [-0.3, -0.25) is 10.1 Å². The molecule has 0 amide bonds. The third-order valence-corrected chi connectivity index (χ3v) is 4.23. The molecule has 0 aliphatic carbocycles. The van der Waals surface area contributed by atoms with Gasteiger partial charge >= 0.3 is 0 Å². The van der Waals surface area contributed by atoms with E-state index in [-0.39, 0.29) is 10.9 Å². The van der Waals surface area contributed by atoms with Crippen LogP contribution in [0.4, 0.5) is 0 Å². The van der Waals surface area contributed by atoms with Crippen molar-refractivity contribution in [2.75, 3.05) is 0 Å². The van der Waals surface area contributed by atoms with Crippen molar-refractivity contribution in [3.8, 4) is 0 Å². The van der Waals surface area contributed by atoms with E-state index in [0.717, 1.165) is 12.0 Å². The first-order chi connectivity index (χ1) is 7.99. The molecular formula is C9H9BrN4O2S. The van der Waals surface area contributed by atoms with Crippen LogP contribution < -0.4 is 0 Å². The Morgan fingerprint density at radius 1 is 1.41 bits per heavy atom. The van der Waals surface area contributed by atoms with Gasteiger partial charge in [-0.2, -0.15) is 5.10 Å². The first-order valence-corrected chi connectivity index (χ1v) is 7.14. The van der Waals surface area contributed by atoms with E-state index < -0.39 is 9.84 Å². The molecule has 8 heteroatoms. The van der Waals surface area contributed by atoms with Crippen molar-refractivity contribution in [2.24, 2.45) is 0 Å². The summed E-state index contributed by atoms with van der Waals surface area (Å²) in [7, 11) is -3.53. The Morgan fingerprint density at radius 3 is 2.82 bits per heavy atom. The van der Waals surface area contributed by atoms with Gasteiger partial charge in [-0.1, -0.05) is 0 Å². The van der Waals surface area contributed by atoms with Gasteiger partial charge in [0.25, 0.3) is 0 Å². The molecule has 1 N–H and O–H groups in total. The number of rotatable bonds is 3. The molecule has 2 heterocycles. The summed E-state index contributed by atoms with van der Waals surface area (Å²) >= 11 is 3.27. The van der Waals surface area contributed by atoms with Gasteiger partial charge in [0.1, 0.15) is 12.1 Å². The highest BCUT2D eigenvalue weighted by atomic mass is 79.9. The lowest BCUT2D eigenvalue weighted by atomic mass is 10.3. The number of aromatic nitrogens is 4. The summed E-state index contributed by atoms with van der Waals surface area (Å²) < 4.78 is 24.5. The number of hydrogen-bond donors (Lipinski definition) is 1. The van der Waals surface area contributed by atoms with Crippen LogP contribution >= 0.6 is 15.9 Å². The summed E-state index contributed by atoms with van der Waals surface area (Å²) in [5.41, 5.74) is 1.22. The molecule has 0 unspecified atom stereocenters. The van der Waals surface area contributed by atoms with Gasteiger partial charge in [-0.15, -0.1) is 0 Å². The molecule has 0 aliphatic rings. The van der Waals surface area contributed by atoms with E-state index in [1.54, 1.807) is 19.1 Å². The molecule has 0 bridgehead atoms. The van der Waals surface area contributed by atoms with E-state index >= 15 is 0 Å². The lowest BCUT2D eigenvalue weighted by Crippen LogP contribution is -2.09. The third-order valence-electron chi connectivity index (χ3n) is 2.07. The number of hydrogen-bond acceptors (Lipinski definition) is 5. The van der Waals surface area contributed by atoms with Crippen LogP contribution in [0.2, 0.25) is 0 Å². The van der Waals surface area contributed by atoms with Gasteiger partial charge in [0.2, 0.25) is 15.0 Å². The van der Waals surface area contributed by atoms with Crippen LogP contribution in [0.3, 0.4) is 0 Å². The largest absolute Gasteiger partial charge is 0.256 e. The molecule has 2 aromatic heterocycles. The maximum absolute atomic E-state index is 11.9. The summed E-state index contributed by atoms with van der Waals surface area (Å²) in [4.78, 5) is 7.82. The Kier molecular flexibility index (Phi) is 3.25. The molecule has 90 valence electrons. The summed E-state index contributed by atoms with van der Waals surface area (Å²) in [6.45, 7) is 1.80. The van der Waals surface area contributed by atoms with E-state index in [0.29, 0.717) is 10.2 Å². The second-order valence-electron chi connectivity index (χ2n) is 3.43. The van der Waals surface area contributed by atoms with Crippen molar-refractivity contribution in [3.63, 3.8) is 0 Å². The molecule has 0 aliphatic heterocycles. The zero-order chi connectivity index (χ0) is 12.5. The molecule has 6 nitrogen and oxygen atoms in total. The van der Waals surface area contributed by atoms with E-state index in [1.165, 1.54) is 0 Å². The minimum absolute atomic E-state index is 0.146. The number of aryl methyl sites for hydroxylation is 1. The topological polar surface area (TPSA) is 88.6 Å². The van der Waals surface area contributed by atoms with Crippen molar-refractivity contribution in [2.45, 2.75) is 17.8 Å². The average molecular weight is 317 g/mol. The molecule has 0 saturated carbocycles. The Balaban J connectivity index is 2.36. The fraction of sp³-hybridized carbons (Fsp3) is 0.222. The fourth-order valence-electron chi connectivity index (χ4n) is 1.29. The minimum Gasteiger partial charge on any atom is -0.256 e. The minimum atomic E-state index is -3.53. The smallest absolute Gasteiger partial charge is 0.243 e. The molecule has 0 spiro atoms. The predicted octanol–water partition coefficient (Wildman–Crippen LogP) is 1.24. The zero-order valence-corrected chi connectivity index (χ0v) is 11.3. The van der Waals surface area contributed by atoms with E-state index in [9.17, 15) is 8.42 Å². The van der Waals surface area contributed by atoms with Gasteiger partial charge in [0.15, 0.2) is 0 Å². The van der Waals surface area contributed by atoms with E-state index in [4.69, 9.17) is 0 Å². The monoisotopic (exact) mass is 316 g/mol. The molecular weight excluding hydrogens is 308 g/mol. The van der Waals surface area contributed by atoms with Crippen molar-refractivity contribution in [1.29, 1.82) is 0 Å².